The number of aryl methyl sites for hydroxylation is 1. The molecular formula is C18H22O3. The lowest BCUT2D eigenvalue weighted by atomic mass is 9.87. The molecule has 3 nitrogen and oxygen atoms in total. The second-order valence-electron chi connectivity index (χ2n) is 5.46. The van der Waals surface area contributed by atoms with Crippen LogP contribution in [0.3, 0.4) is 0 Å². The van der Waals surface area contributed by atoms with Crippen molar-refractivity contribution in [2.45, 2.75) is 25.9 Å². The normalized spacial score (nSPS) is 13.6. The molecule has 0 bridgehead atoms. The standard InChI is InChI=1S/C18H22O3/c1-13-10-17(21-4)15(11-16(13)20-3)18(2,19)12-14-8-6-5-7-9-14/h5-11,19H,12H2,1-4H3. The van der Waals surface area contributed by atoms with E-state index in [1.165, 1.54) is 0 Å². The molecule has 2 aromatic carbocycles. The predicted octanol–water partition coefficient (Wildman–Crippen LogP) is 3.46. The first-order valence-corrected chi connectivity index (χ1v) is 6.97. The molecule has 0 amide bonds. The van der Waals surface area contributed by atoms with Gasteiger partial charge in [-0.3, -0.25) is 0 Å². The van der Waals surface area contributed by atoms with Gasteiger partial charge in [0, 0.05) is 12.0 Å². The largest absolute Gasteiger partial charge is 0.496 e. The zero-order valence-corrected chi connectivity index (χ0v) is 13.0. The van der Waals surface area contributed by atoms with Gasteiger partial charge in [-0.25, -0.2) is 0 Å². The molecule has 1 atom stereocenters. The molecule has 1 unspecified atom stereocenters. The smallest absolute Gasteiger partial charge is 0.125 e. The van der Waals surface area contributed by atoms with Crippen LogP contribution >= 0.6 is 0 Å². The first-order chi connectivity index (χ1) is 9.97. The maximum Gasteiger partial charge on any atom is 0.125 e. The van der Waals surface area contributed by atoms with E-state index >= 15 is 0 Å². The Hall–Kier alpha value is -2.00. The first kappa shape index (κ1) is 15.4. The molecule has 0 aliphatic rings. The summed E-state index contributed by atoms with van der Waals surface area (Å²) in [7, 11) is 3.24. The Labute approximate surface area is 126 Å². The van der Waals surface area contributed by atoms with Gasteiger partial charge in [0.2, 0.25) is 0 Å². The molecule has 0 radical (unpaired) electrons. The molecule has 0 heterocycles. The molecule has 0 spiro atoms. The number of rotatable bonds is 5. The topological polar surface area (TPSA) is 38.7 Å². The average Bonchev–Trinajstić information content (AvgIpc) is 2.47. The Balaban J connectivity index is 2.43. The van der Waals surface area contributed by atoms with E-state index < -0.39 is 5.60 Å². The van der Waals surface area contributed by atoms with Gasteiger partial charge in [0.1, 0.15) is 11.5 Å². The minimum atomic E-state index is -1.03. The monoisotopic (exact) mass is 286 g/mol. The van der Waals surface area contributed by atoms with Crippen LogP contribution in [0.2, 0.25) is 0 Å². The summed E-state index contributed by atoms with van der Waals surface area (Å²) in [5.41, 5.74) is 1.75. The van der Waals surface area contributed by atoms with E-state index in [4.69, 9.17) is 9.47 Å². The third kappa shape index (κ3) is 3.37. The van der Waals surface area contributed by atoms with Crippen LogP contribution in [0, 0.1) is 6.92 Å². The number of ether oxygens (including phenoxy) is 2. The molecule has 112 valence electrons. The fourth-order valence-electron chi connectivity index (χ4n) is 2.56. The number of hydrogen-bond acceptors (Lipinski definition) is 3. The fraction of sp³-hybridized carbons (Fsp3) is 0.333. The van der Waals surface area contributed by atoms with Gasteiger partial charge in [-0.1, -0.05) is 30.3 Å². The zero-order chi connectivity index (χ0) is 15.5. The van der Waals surface area contributed by atoms with Gasteiger partial charge in [0.05, 0.1) is 19.8 Å². The summed E-state index contributed by atoms with van der Waals surface area (Å²) in [6, 6.07) is 13.7. The Bertz CT molecular complexity index is 603. The molecule has 2 aromatic rings. The molecule has 1 N–H and O–H groups in total. The van der Waals surface area contributed by atoms with Crippen molar-refractivity contribution in [3.05, 3.63) is 59.2 Å². The van der Waals surface area contributed by atoms with Crippen LogP contribution < -0.4 is 9.47 Å². The first-order valence-electron chi connectivity index (χ1n) is 6.97. The third-order valence-corrected chi connectivity index (χ3v) is 3.69. The molecule has 0 saturated heterocycles. The van der Waals surface area contributed by atoms with Crippen LogP contribution in [-0.4, -0.2) is 19.3 Å². The van der Waals surface area contributed by atoms with E-state index in [0.29, 0.717) is 12.2 Å². The molecule has 2 rings (SSSR count). The van der Waals surface area contributed by atoms with Crippen LogP contribution in [0.15, 0.2) is 42.5 Å². The quantitative estimate of drug-likeness (QED) is 0.914. The summed E-state index contributed by atoms with van der Waals surface area (Å²) >= 11 is 0. The Morgan fingerprint density at radius 2 is 1.62 bits per heavy atom. The van der Waals surface area contributed by atoms with E-state index in [9.17, 15) is 5.11 Å². The summed E-state index contributed by atoms with van der Waals surface area (Å²) in [5.74, 6) is 1.42. The van der Waals surface area contributed by atoms with Crippen molar-refractivity contribution in [1.82, 2.24) is 0 Å². The highest BCUT2D eigenvalue weighted by molar-refractivity contribution is 5.48. The fourth-order valence-corrected chi connectivity index (χ4v) is 2.56. The van der Waals surface area contributed by atoms with Gasteiger partial charge in [-0.2, -0.15) is 0 Å². The van der Waals surface area contributed by atoms with Gasteiger partial charge in [-0.15, -0.1) is 0 Å². The molecule has 0 fully saturated rings. The summed E-state index contributed by atoms with van der Waals surface area (Å²) in [6.07, 6.45) is 0.510. The predicted molar refractivity (Wildman–Crippen MR) is 84.0 cm³/mol. The molecule has 0 aromatic heterocycles. The van der Waals surface area contributed by atoms with Crippen LogP contribution in [0.1, 0.15) is 23.6 Å². The number of benzene rings is 2. The molecule has 0 saturated carbocycles. The number of hydrogen-bond donors (Lipinski definition) is 1. The van der Waals surface area contributed by atoms with Gasteiger partial charge < -0.3 is 14.6 Å². The molecule has 0 aliphatic heterocycles. The van der Waals surface area contributed by atoms with Crippen LogP contribution in [0.4, 0.5) is 0 Å². The molecule has 0 aliphatic carbocycles. The van der Waals surface area contributed by atoms with Crippen molar-refractivity contribution in [1.29, 1.82) is 0 Å². The van der Waals surface area contributed by atoms with Crippen LogP contribution in [0.5, 0.6) is 11.5 Å². The lowest BCUT2D eigenvalue weighted by Gasteiger charge is -2.27. The second kappa shape index (κ2) is 6.19. The summed E-state index contributed by atoms with van der Waals surface area (Å²) < 4.78 is 10.8. The van der Waals surface area contributed by atoms with E-state index in [-0.39, 0.29) is 0 Å². The van der Waals surface area contributed by atoms with E-state index in [1.807, 2.05) is 49.4 Å². The summed E-state index contributed by atoms with van der Waals surface area (Å²) in [6.45, 7) is 3.75. The second-order valence-corrected chi connectivity index (χ2v) is 5.46. The molecule has 3 heteroatoms. The van der Waals surface area contributed by atoms with Gasteiger partial charge in [0.15, 0.2) is 0 Å². The van der Waals surface area contributed by atoms with Crippen molar-refractivity contribution in [2.75, 3.05) is 14.2 Å². The maximum atomic E-state index is 10.9. The maximum absolute atomic E-state index is 10.9. The van der Waals surface area contributed by atoms with Crippen molar-refractivity contribution >= 4 is 0 Å². The van der Waals surface area contributed by atoms with Gasteiger partial charge in [0.25, 0.3) is 0 Å². The number of methoxy groups -OCH3 is 2. The zero-order valence-electron chi connectivity index (χ0n) is 13.0. The molecular weight excluding hydrogens is 264 g/mol. The Morgan fingerprint density at radius 3 is 2.19 bits per heavy atom. The van der Waals surface area contributed by atoms with Crippen LogP contribution in [-0.2, 0) is 12.0 Å². The van der Waals surface area contributed by atoms with Crippen molar-refractivity contribution in [2.24, 2.45) is 0 Å². The Morgan fingerprint density at radius 1 is 1.00 bits per heavy atom. The van der Waals surface area contributed by atoms with E-state index in [0.717, 1.165) is 22.4 Å². The minimum Gasteiger partial charge on any atom is -0.496 e. The van der Waals surface area contributed by atoms with E-state index in [2.05, 4.69) is 0 Å². The summed E-state index contributed by atoms with van der Waals surface area (Å²) in [5, 5.41) is 10.9. The minimum absolute atomic E-state index is 0.510. The van der Waals surface area contributed by atoms with Crippen molar-refractivity contribution < 1.29 is 14.6 Å². The van der Waals surface area contributed by atoms with Gasteiger partial charge in [-0.05, 0) is 37.1 Å². The van der Waals surface area contributed by atoms with Gasteiger partial charge >= 0.3 is 0 Å². The Kier molecular flexibility index (Phi) is 4.53. The molecule has 21 heavy (non-hydrogen) atoms. The van der Waals surface area contributed by atoms with E-state index in [1.54, 1.807) is 21.1 Å². The SMILES string of the molecule is COc1cc(C(C)(O)Cc2ccccc2)c(OC)cc1C. The lowest BCUT2D eigenvalue weighted by molar-refractivity contribution is 0.0547. The van der Waals surface area contributed by atoms with Crippen LogP contribution in [0.25, 0.3) is 0 Å². The lowest BCUT2D eigenvalue weighted by Crippen LogP contribution is -2.25. The van der Waals surface area contributed by atoms with Crippen molar-refractivity contribution in [3.63, 3.8) is 0 Å². The highest BCUT2D eigenvalue weighted by Crippen LogP contribution is 2.37. The summed E-state index contributed by atoms with van der Waals surface area (Å²) in [4.78, 5) is 0. The average molecular weight is 286 g/mol. The highest BCUT2D eigenvalue weighted by atomic mass is 16.5. The van der Waals surface area contributed by atoms with Crippen molar-refractivity contribution in [3.8, 4) is 11.5 Å². The third-order valence-electron chi connectivity index (χ3n) is 3.69. The highest BCUT2D eigenvalue weighted by Gasteiger charge is 2.28. The number of aliphatic hydroxyl groups is 1.